The minimum Gasteiger partial charge on any atom is -0.308 e. The van der Waals surface area contributed by atoms with Crippen LogP contribution in [0.5, 0.6) is 0 Å². The largest absolute Gasteiger partial charge is 0.323 e. The maximum atomic E-state index is 11.9. The first-order valence-corrected chi connectivity index (χ1v) is 6.07. The molecule has 0 radical (unpaired) electrons. The molecule has 0 bridgehead atoms. The van der Waals surface area contributed by atoms with Gasteiger partial charge >= 0.3 is 6.03 Å². The molecule has 2 aliphatic rings. The molecular formula is C12H20N4O. The van der Waals surface area contributed by atoms with Crippen LogP contribution < -0.4 is 5.32 Å². The van der Waals surface area contributed by atoms with Gasteiger partial charge in [-0.3, -0.25) is 10.7 Å². The van der Waals surface area contributed by atoms with Crippen molar-refractivity contribution in [1.82, 2.24) is 15.1 Å². The number of nitrogens with zero attached hydrogens (tertiary/aromatic N) is 2. The number of hydrogen-bond donors (Lipinski definition) is 2. The summed E-state index contributed by atoms with van der Waals surface area (Å²) in [5.41, 5.74) is -0.421. The first kappa shape index (κ1) is 12.1. The SMILES string of the molecule is C=CCN1C(=O)NC(=N)C12CCCN(C)CC2. The Kier molecular flexibility index (Phi) is 3.19. The van der Waals surface area contributed by atoms with E-state index in [-0.39, 0.29) is 6.03 Å². The molecule has 94 valence electrons. The molecule has 0 saturated carbocycles. The van der Waals surface area contributed by atoms with Crippen LogP contribution in [0.15, 0.2) is 12.7 Å². The zero-order valence-electron chi connectivity index (χ0n) is 10.3. The number of urea groups is 1. The van der Waals surface area contributed by atoms with Crippen molar-refractivity contribution in [3.05, 3.63) is 12.7 Å². The maximum Gasteiger partial charge on any atom is 0.323 e. The number of amides is 2. The van der Waals surface area contributed by atoms with Crippen LogP contribution in [0.3, 0.4) is 0 Å². The van der Waals surface area contributed by atoms with Crippen molar-refractivity contribution < 1.29 is 4.79 Å². The molecule has 2 amide bonds. The van der Waals surface area contributed by atoms with Crippen molar-refractivity contribution in [2.45, 2.75) is 24.8 Å². The number of nitrogens with one attached hydrogen (secondary N) is 2. The van der Waals surface area contributed by atoms with Gasteiger partial charge in [0.2, 0.25) is 0 Å². The van der Waals surface area contributed by atoms with Gasteiger partial charge in [0.1, 0.15) is 11.4 Å². The highest BCUT2D eigenvalue weighted by Gasteiger charge is 2.49. The molecule has 2 fully saturated rings. The van der Waals surface area contributed by atoms with E-state index in [9.17, 15) is 4.79 Å². The normalized spacial score (nSPS) is 30.5. The van der Waals surface area contributed by atoms with Crippen LogP contribution in [-0.2, 0) is 0 Å². The molecule has 2 rings (SSSR count). The summed E-state index contributed by atoms with van der Waals surface area (Å²) < 4.78 is 0. The van der Waals surface area contributed by atoms with Gasteiger partial charge in [-0.15, -0.1) is 6.58 Å². The fraction of sp³-hybridized carbons (Fsp3) is 0.667. The topological polar surface area (TPSA) is 59.4 Å². The number of carbonyl (C=O) groups excluding carboxylic acids is 1. The van der Waals surface area contributed by atoms with E-state index >= 15 is 0 Å². The quantitative estimate of drug-likeness (QED) is 0.703. The van der Waals surface area contributed by atoms with Gasteiger partial charge in [0.05, 0.1) is 0 Å². The summed E-state index contributed by atoms with van der Waals surface area (Å²) in [6.45, 7) is 6.16. The smallest absolute Gasteiger partial charge is 0.308 e. The van der Waals surface area contributed by atoms with Crippen molar-refractivity contribution in [1.29, 1.82) is 5.41 Å². The molecule has 1 spiro atoms. The molecule has 1 atom stereocenters. The average Bonchev–Trinajstić information content (AvgIpc) is 2.44. The lowest BCUT2D eigenvalue weighted by Gasteiger charge is -2.35. The van der Waals surface area contributed by atoms with Gasteiger partial charge in [0.15, 0.2) is 0 Å². The van der Waals surface area contributed by atoms with Gasteiger partial charge in [-0.25, -0.2) is 4.79 Å². The van der Waals surface area contributed by atoms with Gasteiger partial charge in [0.25, 0.3) is 0 Å². The van der Waals surface area contributed by atoms with Crippen LogP contribution in [0.1, 0.15) is 19.3 Å². The molecule has 0 aromatic heterocycles. The van der Waals surface area contributed by atoms with E-state index < -0.39 is 5.54 Å². The van der Waals surface area contributed by atoms with Crippen molar-refractivity contribution >= 4 is 11.9 Å². The fourth-order valence-electron chi connectivity index (χ4n) is 2.78. The van der Waals surface area contributed by atoms with Crippen LogP contribution in [0.25, 0.3) is 0 Å². The Hall–Kier alpha value is -1.36. The minimum atomic E-state index is -0.421. The molecule has 17 heavy (non-hydrogen) atoms. The monoisotopic (exact) mass is 236 g/mol. The Morgan fingerprint density at radius 1 is 1.53 bits per heavy atom. The molecule has 0 aromatic carbocycles. The van der Waals surface area contributed by atoms with Crippen molar-refractivity contribution in [3.63, 3.8) is 0 Å². The summed E-state index contributed by atoms with van der Waals surface area (Å²) in [5.74, 6) is 0.361. The first-order chi connectivity index (χ1) is 8.10. The number of hydrogen-bond acceptors (Lipinski definition) is 3. The molecule has 5 heteroatoms. The highest BCUT2D eigenvalue weighted by atomic mass is 16.2. The lowest BCUT2D eigenvalue weighted by molar-refractivity contribution is 0.172. The van der Waals surface area contributed by atoms with E-state index in [1.807, 2.05) is 0 Å². The Morgan fingerprint density at radius 3 is 3.00 bits per heavy atom. The van der Waals surface area contributed by atoms with E-state index in [4.69, 9.17) is 5.41 Å². The Morgan fingerprint density at radius 2 is 2.29 bits per heavy atom. The lowest BCUT2D eigenvalue weighted by Crippen LogP contribution is -2.50. The second-order valence-corrected chi connectivity index (χ2v) is 4.89. The van der Waals surface area contributed by atoms with Gasteiger partial charge in [0, 0.05) is 13.1 Å². The number of likely N-dealkylation sites (tertiary alicyclic amines) is 1. The molecule has 2 N–H and O–H groups in total. The number of rotatable bonds is 2. The second kappa shape index (κ2) is 4.49. The van der Waals surface area contributed by atoms with Crippen LogP contribution in [0, 0.1) is 5.41 Å². The molecule has 0 aliphatic carbocycles. The second-order valence-electron chi connectivity index (χ2n) is 4.89. The lowest BCUT2D eigenvalue weighted by atomic mass is 9.88. The predicted octanol–water partition coefficient (Wildman–Crippen LogP) is 1.03. The highest BCUT2D eigenvalue weighted by Crippen LogP contribution is 2.32. The van der Waals surface area contributed by atoms with E-state index in [0.717, 1.165) is 32.4 Å². The standard InChI is InChI=1S/C12H20N4O/c1-3-7-16-11(17)14-10(13)12(16)5-4-8-15(2)9-6-12/h3H,1,4-9H2,2H3,(H2,13,14,17). The Balaban J connectivity index is 2.27. The van der Waals surface area contributed by atoms with E-state index in [0.29, 0.717) is 12.4 Å². The summed E-state index contributed by atoms with van der Waals surface area (Å²) in [6, 6.07) is -0.153. The highest BCUT2D eigenvalue weighted by molar-refractivity contribution is 6.08. The average molecular weight is 236 g/mol. The third kappa shape index (κ3) is 1.95. The first-order valence-electron chi connectivity index (χ1n) is 6.07. The third-order valence-electron chi connectivity index (χ3n) is 3.81. The van der Waals surface area contributed by atoms with Crippen LogP contribution >= 0.6 is 0 Å². The van der Waals surface area contributed by atoms with Gasteiger partial charge in [-0.2, -0.15) is 0 Å². The summed E-state index contributed by atoms with van der Waals surface area (Å²) in [5, 5.41) is 10.7. The molecular weight excluding hydrogens is 216 g/mol. The Bertz CT molecular complexity index is 354. The molecule has 2 saturated heterocycles. The molecule has 1 unspecified atom stereocenters. The number of amidine groups is 1. The van der Waals surface area contributed by atoms with E-state index in [2.05, 4.69) is 23.8 Å². The van der Waals surface area contributed by atoms with Gasteiger partial charge in [-0.1, -0.05) is 6.08 Å². The summed E-state index contributed by atoms with van der Waals surface area (Å²) in [7, 11) is 2.09. The maximum absolute atomic E-state index is 11.9. The molecule has 2 aliphatic heterocycles. The van der Waals surface area contributed by atoms with Gasteiger partial charge < -0.3 is 9.80 Å². The summed E-state index contributed by atoms with van der Waals surface area (Å²) in [6.07, 6.45) is 4.44. The zero-order chi connectivity index (χ0) is 12.5. The summed E-state index contributed by atoms with van der Waals surface area (Å²) >= 11 is 0. The predicted molar refractivity (Wildman–Crippen MR) is 67.2 cm³/mol. The Labute approximate surface area is 102 Å². The molecule has 2 heterocycles. The molecule has 0 aromatic rings. The fourth-order valence-corrected chi connectivity index (χ4v) is 2.78. The summed E-state index contributed by atoms with van der Waals surface area (Å²) in [4.78, 5) is 15.9. The van der Waals surface area contributed by atoms with E-state index in [1.54, 1.807) is 11.0 Å². The van der Waals surface area contributed by atoms with Crippen molar-refractivity contribution in [3.8, 4) is 0 Å². The third-order valence-corrected chi connectivity index (χ3v) is 3.81. The van der Waals surface area contributed by atoms with Crippen LogP contribution in [0.2, 0.25) is 0 Å². The van der Waals surface area contributed by atoms with Crippen molar-refractivity contribution in [2.75, 3.05) is 26.7 Å². The van der Waals surface area contributed by atoms with Crippen molar-refractivity contribution in [2.24, 2.45) is 0 Å². The van der Waals surface area contributed by atoms with Crippen LogP contribution in [0.4, 0.5) is 4.79 Å². The zero-order valence-corrected chi connectivity index (χ0v) is 10.3. The van der Waals surface area contributed by atoms with Crippen LogP contribution in [-0.4, -0.2) is 53.9 Å². The number of carbonyl (C=O) groups is 1. The van der Waals surface area contributed by atoms with Gasteiger partial charge in [-0.05, 0) is 32.9 Å². The van der Waals surface area contributed by atoms with E-state index in [1.165, 1.54) is 0 Å². The minimum absolute atomic E-state index is 0.153. The molecule has 5 nitrogen and oxygen atoms in total.